The first kappa shape index (κ1) is 23.1. The molecular weight excluding hydrogens is 390 g/mol. The zero-order valence-corrected chi connectivity index (χ0v) is 19.7. The molecule has 4 aliphatic carbocycles. The minimum atomic E-state index is -0.986. The molecule has 0 aromatic carbocycles. The van der Waals surface area contributed by atoms with E-state index in [1.54, 1.807) is 0 Å². The fraction of sp³-hybridized carbons (Fsp3) is 0.923. The number of hydrogen-bond donors (Lipinski definition) is 3. The van der Waals surface area contributed by atoms with E-state index in [9.17, 15) is 14.7 Å². The highest BCUT2D eigenvalue weighted by Crippen LogP contribution is 2.68. The van der Waals surface area contributed by atoms with Crippen molar-refractivity contribution in [2.45, 2.75) is 97.5 Å². The van der Waals surface area contributed by atoms with E-state index in [4.69, 9.17) is 5.11 Å². The minimum absolute atomic E-state index is 0.0760. The van der Waals surface area contributed by atoms with Gasteiger partial charge in [-0.2, -0.15) is 0 Å². The van der Waals surface area contributed by atoms with Gasteiger partial charge in [-0.3, -0.25) is 9.59 Å². The lowest BCUT2D eigenvalue weighted by Gasteiger charge is -2.61. The molecule has 1 amide bonds. The van der Waals surface area contributed by atoms with Crippen LogP contribution in [0.5, 0.6) is 0 Å². The number of hydrogen-bond acceptors (Lipinski definition) is 3. The summed E-state index contributed by atoms with van der Waals surface area (Å²) in [7, 11) is 0. The Morgan fingerprint density at radius 3 is 2.45 bits per heavy atom. The van der Waals surface area contributed by atoms with E-state index in [-0.39, 0.29) is 18.6 Å². The number of carbonyl (C=O) groups is 2. The van der Waals surface area contributed by atoms with E-state index in [0.717, 1.165) is 37.0 Å². The fourth-order valence-corrected chi connectivity index (χ4v) is 9.03. The summed E-state index contributed by atoms with van der Waals surface area (Å²) in [5.74, 6) is 3.23. The van der Waals surface area contributed by atoms with Crippen LogP contribution in [0.25, 0.3) is 0 Å². The first-order chi connectivity index (χ1) is 14.6. The second-order valence-corrected chi connectivity index (χ2v) is 12.0. The third-order valence-electron chi connectivity index (χ3n) is 10.7. The van der Waals surface area contributed by atoms with Gasteiger partial charge in [0, 0.05) is 6.42 Å². The Kier molecular flexibility index (Phi) is 6.46. The van der Waals surface area contributed by atoms with E-state index in [2.05, 4.69) is 26.1 Å². The summed E-state index contributed by atoms with van der Waals surface area (Å²) >= 11 is 0. The van der Waals surface area contributed by atoms with Gasteiger partial charge in [0.2, 0.25) is 5.91 Å². The Labute approximate surface area is 187 Å². The van der Waals surface area contributed by atoms with Crippen LogP contribution in [0.15, 0.2) is 0 Å². The number of amides is 1. The van der Waals surface area contributed by atoms with Gasteiger partial charge in [0.25, 0.3) is 0 Å². The van der Waals surface area contributed by atoms with Crippen molar-refractivity contribution in [2.24, 2.45) is 46.3 Å². The summed E-state index contributed by atoms with van der Waals surface area (Å²) in [5, 5.41) is 21.5. The van der Waals surface area contributed by atoms with Crippen LogP contribution < -0.4 is 5.32 Å². The summed E-state index contributed by atoms with van der Waals surface area (Å²) < 4.78 is 0. The molecule has 6 unspecified atom stereocenters. The van der Waals surface area contributed by atoms with E-state index in [1.165, 1.54) is 44.9 Å². The quantitative estimate of drug-likeness (QED) is 0.570. The molecule has 4 saturated carbocycles. The van der Waals surface area contributed by atoms with Crippen LogP contribution in [-0.4, -0.2) is 34.7 Å². The van der Waals surface area contributed by atoms with Gasteiger partial charge < -0.3 is 15.5 Å². The van der Waals surface area contributed by atoms with Gasteiger partial charge in [0.15, 0.2) is 0 Å². The third kappa shape index (κ3) is 4.16. The lowest BCUT2D eigenvalue weighted by atomic mass is 9.44. The van der Waals surface area contributed by atoms with Gasteiger partial charge in [0.1, 0.15) is 6.54 Å². The normalized spacial score (nSPS) is 45.2. The molecule has 4 fully saturated rings. The second kappa shape index (κ2) is 8.68. The van der Waals surface area contributed by atoms with Crippen molar-refractivity contribution < 1.29 is 19.8 Å². The number of carbonyl (C=O) groups excluding carboxylic acids is 1. The first-order valence-corrected chi connectivity index (χ1v) is 12.8. The molecule has 3 N–H and O–H groups in total. The van der Waals surface area contributed by atoms with Crippen LogP contribution in [0.1, 0.15) is 91.4 Å². The van der Waals surface area contributed by atoms with E-state index < -0.39 is 5.97 Å². The third-order valence-corrected chi connectivity index (χ3v) is 10.7. The Morgan fingerprint density at radius 2 is 1.71 bits per heavy atom. The molecule has 4 rings (SSSR count). The van der Waals surface area contributed by atoms with Gasteiger partial charge in [-0.1, -0.05) is 20.8 Å². The molecule has 9 atom stereocenters. The van der Waals surface area contributed by atoms with Crippen molar-refractivity contribution >= 4 is 11.9 Å². The second-order valence-electron chi connectivity index (χ2n) is 12.0. The molecule has 0 radical (unpaired) electrons. The predicted molar refractivity (Wildman–Crippen MR) is 120 cm³/mol. The first-order valence-electron chi connectivity index (χ1n) is 12.8. The topological polar surface area (TPSA) is 86.6 Å². The molecule has 0 spiro atoms. The molecule has 0 saturated heterocycles. The Morgan fingerprint density at radius 1 is 1.00 bits per heavy atom. The van der Waals surface area contributed by atoms with Gasteiger partial charge >= 0.3 is 5.97 Å². The van der Waals surface area contributed by atoms with Crippen molar-refractivity contribution in [1.82, 2.24) is 5.32 Å². The minimum Gasteiger partial charge on any atom is -0.480 e. The lowest BCUT2D eigenvalue weighted by Crippen LogP contribution is -2.54. The lowest BCUT2D eigenvalue weighted by molar-refractivity contribution is -0.138. The standard InChI is InChI=1S/C26H43NO4/c1-16(4-9-23(29)27-15-24(30)31)20-7-8-21-19-6-5-17-14-18(28)10-12-25(17,2)22(19)11-13-26(20,21)3/h16-22,28H,4-15H2,1-3H3,(H,27,29)(H,30,31)/t16?,17-,18-,19?,20?,21?,22?,25?,26-/m1/s1. The van der Waals surface area contributed by atoms with Crippen LogP contribution in [0.2, 0.25) is 0 Å². The van der Waals surface area contributed by atoms with Crippen LogP contribution >= 0.6 is 0 Å². The number of rotatable bonds is 6. The number of aliphatic hydroxyl groups is 1. The van der Waals surface area contributed by atoms with Gasteiger partial charge in [-0.15, -0.1) is 0 Å². The van der Waals surface area contributed by atoms with Crippen LogP contribution in [0, 0.1) is 46.3 Å². The predicted octanol–water partition coefficient (Wildman–Crippen LogP) is 4.62. The number of carboxylic acids is 1. The van der Waals surface area contributed by atoms with E-state index in [1.807, 2.05) is 0 Å². The molecule has 0 bridgehead atoms. The molecule has 176 valence electrons. The maximum atomic E-state index is 12.0. The van der Waals surface area contributed by atoms with E-state index in [0.29, 0.717) is 35.0 Å². The molecule has 4 aliphatic rings. The Balaban J connectivity index is 1.40. The maximum absolute atomic E-state index is 12.0. The average molecular weight is 434 g/mol. The fourth-order valence-electron chi connectivity index (χ4n) is 9.03. The zero-order valence-electron chi connectivity index (χ0n) is 19.7. The van der Waals surface area contributed by atoms with Gasteiger partial charge in [-0.05, 0) is 111 Å². The SMILES string of the molecule is CC(CCC(=O)NCC(=O)O)C1CCC2C3CC[C@@H]4C[C@H](O)CCC4(C)C3CC[C@]12C. The summed E-state index contributed by atoms with van der Waals surface area (Å²) in [6, 6.07) is 0. The van der Waals surface area contributed by atoms with Crippen molar-refractivity contribution in [3.8, 4) is 0 Å². The Hall–Kier alpha value is -1.10. The summed E-state index contributed by atoms with van der Waals surface area (Å²) in [4.78, 5) is 22.7. The monoisotopic (exact) mass is 433 g/mol. The molecule has 0 aliphatic heterocycles. The van der Waals surface area contributed by atoms with E-state index >= 15 is 0 Å². The highest BCUT2D eigenvalue weighted by molar-refractivity contribution is 5.81. The smallest absolute Gasteiger partial charge is 0.322 e. The van der Waals surface area contributed by atoms with Crippen LogP contribution in [-0.2, 0) is 9.59 Å². The number of aliphatic carboxylic acids is 1. The molecule has 5 heteroatoms. The maximum Gasteiger partial charge on any atom is 0.322 e. The number of nitrogens with one attached hydrogen (secondary N) is 1. The van der Waals surface area contributed by atoms with Crippen molar-refractivity contribution in [2.75, 3.05) is 6.54 Å². The highest BCUT2D eigenvalue weighted by atomic mass is 16.4. The molecule has 31 heavy (non-hydrogen) atoms. The van der Waals surface area contributed by atoms with Crippen LogP contribution in [0.4, 0.5) is 0 Å². The molecule has 5 nitrogen and oxygen atoms in total. The van der Waals surface area contributed by atoms with Gasteiger partial charge in [0.05, 0.1) is 6.10 Å². The van der Waals surface area contributed by atoms with Crippen LogP contribution in [0.3, 0.4) is 0 Å². The zero-order chi connectivity index (χ0) is 22.4. The molecule has 0 aromatic rings. The molecule has 0 heterocycles. The largest absolute Gasteiger partial charge is 0.480 e. The summed E-state index contributed by atoms with van der Waals surface area (Å²) in [5.41, 5.74) is 0.810. The van der Waals surface area contributed by atoms with Crippen molar-refractivity contribution in [3.63, 3.8) is 0 Å². The molecule has 0 aromatic heterocycles. The Bertz CT molecular complexity index is 695. The van der Waals surface area contributed by atoms with Crippen molar-refractivity contribution in [3.05, 3.63) is 0 Å². The average Bonchev–Trinajstić information content (AvgIpc) is 3.08. The van der Waals surface area contributed by atoms with Gasteiger partial charge in [-0.25, -0.2) is 0 Å². The number of fused-ring (bicyclic) bond motifs is 5. The summed E-state index contributed by atoms with van der Waals surface area (Å²) in [6.07, 6.45) is 12.3. The number of carboxylic acid groups (broad SMARTS) is 1. The highest BCUT2D eigenvalue weighted by Gasteiger charge is 2.60. The van der Waals surface area contributed by atoms with Crippen molar-refractivity contribution in [1.29, 1.82) is 0 Å². The summed E-state index contributed by atoms with van der Waals surface area (Å²) in [6.45, 7) is 7.13. The number of aliphatic hydroxyl groups excluding tert-OH is 1. The molecular formula is C26H43NO4.